The van der Waals surface area contributed by atoms with Gasteiger partial charge in [-0.25, -0.2) is 4.79 Å². The number of rotatable bonds is 3. The zero-order chi connectivity index (χ0) is 18.6. The van der Waals surface area contributed by atoms with E-state index in [1.807, 2.05) is 20.8 Å². The molecular weight excluding hydrogens is 324 g/mol. The fourth-order valence-electron chi connectivity index (χ4n) is 3.00. The average Bonchev–Trinajstić information content (AvgIpc) is 2.54. The van der Waals surface area contributed by atoms with Crippen LogP contribution in [0.1, 0.15) is 45.6 Å². The SMILES string of the molecule is CCOC(=O)[C@@H]1CN(C(=O)OC(C)(C)C)CC[C@H]1c1cc[n+]([O-])cc1. The molecule has 1 saturated heterocycles. The van der Waals surface area contributed by atoms with Crippen molar-refractivity contribution in [2.45, 2.75) is 45.6 Å². The maximum absolute atomic E-state index is 12.4. The molecule has 1 aliphatic rings. The van der Waals surface area contributed by atoms with Gasteiger partial charge in [-0.2, -0.15) is 4.73 Å². The van der Waals surface area contributed by atoms with Crippen molar-refractivity contribution in [1.82, 2.24) is 4.90 Å². The summed E-state index contributed by atoms with van der Waals surface area (Å²) >= 11 is 0. The highest BCUT2D eigenvalue weighted by Crippen LogP contribution is 2.34. The van der Waals surface area contributed by atoms with Crippen LogP contribution in [0, 0.1) is 11.1 Å². The molecule has 1 aromatic heterocycles. The minimum atomic E-state index is -0.589. The van der Waals surface area contributed by atoms with Crippen LogP contribution in [0.15, 0.2) is 24.5 Å². The Morgan fingerprint density at radius 2 is 1.96 bits per heavy atom. The van der Waals surface area contributed by atoms with Gasteiger partial charge >= 0.3 is 12.1 Å². The van der Waals surface area contributed by atoms with Crippen molar-refractivity contribution in [3.8, 4) is 0 Å². The first-order chi connectivity index (χ1) is 11.7. The number of likely N-dealkylation sites (tertiary alicyclic amines) is 1. The molecule has 0 bridgehead atoms. The zero-order valence-corrected chi connectivity index (χ0v) is 15.2. The van der Waals surface area contributed by atoms with E-state index >= 15 is 0 Å². The van der Waals surface area contributed by atoms with Crippen LogP contribution in [0.3, 0.4) is 0 Å². The average molecular weight is 350 g/mol. The van der Waals surface area contributed by atoms with E-state index in [1.54, 1.807) is 24.0 Å². The van der Waals surface area contributed by atoms with E-state index in [1.165, 1.54) is 12.4 Å². The topological polar surface area (TPSA) is 82.8 Å². The number of piperidine rings is 1. The summed E-state index contributed by atoms with van der Waals surface area (Å²) in [6.07, 6.45) is 3.01. The second kappa shape index (κ2) is 7.72. The number of carbonyl (C=O) groups excluding carboxylic acids is 2. The van der Waals surface area contributed by atoms with E-state index < -0.39 is 17.6 Å². The monoisotopic (exact) mass is 350 g/mol. The lowest BCUT2D eigenvalue weighted by molar-refractivity contribution is -0.605. The molecule has 1 aliphatic heterocycles. The molecule has 2 atom stereocenters. The Labute approximate surface area is 148 Å². The molecule has 0 saturated carbocycles. The van der Waals surface area contributed by atoms with Crippen molar-refractivity contribution in [3.05, 3.63) is 35.3 Å². The van der Waals surface area contributed by atoms with Gasteiger partial charge in [-0.3, -0.25) is 4.79 Å². The number of carbonyl (C=O) groups is 2. The maximum atomic E-state index is 12.4. The molecule has 0 spiro atoms. The number of amides is 1. The van der Waals surface area contributed by atoms with Crippen LogP contribution in [-0.4, -0.2) is 42.3 Å². The van der Waals surface area contributed by atoms with Gasteiger partial charge in [0.2, 0.25) is 0 Å². The van der Waals surface area contributed by atoms with Crippen LogP contribution in [0.5, 0.6) is 0 Å². The molecule has 0 N–H and O–H groups in total. The van der Waals surface area contributed by atoms with Crippen molar-refractivity contribution in [2.24, 2.45) is 5.92 Å². The highest BCUT2D eigenvalue weighted by atomic mass is 16.6. The first-order valence-electron chi connectivity index (χ1n) is 8.54. The number of hydrogen-bond donors (Lipinski definition) is 0. The lowest BCUT2D eigenvalue weighted by Crippen LogP contribution is -2.47. The van der Waals surface area contributed by atoms with Crippen LogP contribution in [0.2, 0.25) is 0 Å². The molecular formula is C18H26N2O5. The summed E-state index contributed by atoms with van der Waals surface area (Å²) < 4.78 is 11.3. The van der Waals surface area contributed by atoms with Crippen LogP contribution in [-0.2, 0) is 14.3 Å². The predicted molar refractivity (Wildman–Crippen MR) is 90.7 cm³/mol. The van der Waals surface area contributed by atoms with Crippen molar-refractivity contribution < 1.29 is 23.8 Å². The Balaban J connectivity index is 2.18. The Hall–Kier alpha value is -2.31. The summed E-state index contributed by atoms with van der Waals surface area (Å²) in [6.45, 7) is 8.19. The quantitative estimate of drug-likeness (QED) is 0.474. The third-order valence-corrected chi connectivity index (χ3v) is 4.11. The summed E-state index contributed by atoms with van der Waals surface area (Å²) in [5.74, 6) is -0.915. The van der Waals surface area contributed by atoms with Gasteiger partial charge in [0.15, 0.2) is 12.4 Å². The largest absolute Gasteiger partial charge is 0.619 e. The van der Waals surface area contributed by atoms with E-state index in [-0.39, 0.29) is 25.0 Å². The van der Waals surface area contributed by atoms with E-state index in [9.17, 15) is 14.8 Å². The molecule has 0 unspecified atom stereocenters. The second-order valence-electron chi connectivity index (χ2n) is 7.17. The van der Waals surface area contributed by atoms with E-state index in [0.29, 0.717) is 17.7 Å². The lowest BCUT2D eigenvalue weighted by Gasteiger charge is -2.37. The first-order valence-corrected chi connectivity index (χ1v) is 8.54. The molecule has 7 nitrogen and oxygen atoms in total. The Morgan fingerprint density at radius 3 is 2.52 bits per heavy atom. The van der Waals surface area contributed by atoms with Gasteiger partial charge in [0.25, 0.3) is 0 Å². The number of ether oxygens (including phenoxy) is 2. The van der Waals surface area contributed by atoms with Gasteiger partial charge in [-0.15, -0.1) is 0 Å². The number of esters is 1. The minimum absolute atomic E-state index is 0.0982. The molecule has 2 rings (SSSR count). The number of pyridine rings is 1. The van der Waals surface area contributed by atoms with Gasteiger partial charge in [-0.05, 0) is 39.7 Å². The summed E-state index contributed by atoms with van der Waals surface area (Å²) in [5.41, 5.74) is 0.308. The predicted octanol–water partition coefficient (Wildman–Crippen LogP) is 2.22. The molecule has 138 valence electrons. The number of nitrogens with zero attached hydrogens (tertiary/aromatic N) is 2. The lowest BCUT2D eigenvalue weighted by atomic mass is 9.81. The molecule has 0 aliphatic carbocycles. The van der Waals surface area contributed by atoms with Gasteiger partial charge in [0.1, 0.15) is 5.60 Å². The smallest absolute Gasteiger partial charge is 0.410 e. The van der Waals surface area contributed by atoms with Gasteiger partial charge in [-0.1, -0.05) is 0 Å². The van der Waals surface area contributed by atoms with Crippen LogP contribution >= 0.6 is 0 Å². The Bertz CT molecular complexity index is 609. The normalized spacial score (nSPS) is 20.9. The second-order valence-corrected chi connectivity index (χ2v) is 7.17. The van der Waals surface area contributed by atoms with Crippen molar-refractivity contribution in [2.75, 3.05) is 19.7 Å². The molecule has 0 aromatic carbocycles. The summed E-state index contributed by atoms with van der Waals surface area (Å²) in [7, 11) is 0. The van der Waals surface area contributed by atoms with E-state index in [4.69, 9.17) is 9.47 Å². The fraction of sp³-hybridized carbons (Fsp3) is 0.611. The van der Waals surface area contributed by atoms with Crippen LogP contribution in [0.25, 0.3) is 0 Å². The summed E-state index contributed by atoms with van der Waals surface area (Å²) in [6, 6.07) is 3.43. The molecule has 25 heavy (non-hydrogen) atoms. The standard InChI is InChI=1S/C18H26N2O5/c1-5-24-16(21)15-12-19(17(22)25-18(2,3)4)9-8-14(15)13-6-10-20(23)11-7-13/h6-7,10-11,14-15H,5,8-9,12H2,1-4H3/t14-,15+/m0/s1. The van der Waals surface area contributed by atoms with Crippen molar-refractivity contribution in [3.63, 3.8) is 0 Å². The molecule has 2 heterocycles. The van der Waals surface area contributed by atoms with Crippen molar-refractivity contribution >= 4 is 12.1 Å². The third-order valence-electron chi connectivity index (χ3n) is 4.11. The van der Waals surface area contributed by atoms with Gasteiger partial charge in [0.05, 0.1) is 12.5 Å². The molecule has 1 aromatic rings. The van der Waals surface area contributed by atoms with Crippen LogP contribution < -0.4 is 4.73 Å². The third kappa shape index (κ3) is 5.08. The van der Waals surface area contributed by atoms with Crippen LogP contribution in [0.4, 0.5) is 4.79 Å². The summed E-state index contributed by atoms with van der Waals surface area (Å²) in [4.78, 5) is 26.3. The molecule has 0 radical (unpaired) electrons. The molecule has 7 heteroatoms. The summed E-state index contributed by atoms with van der Waals surface area (Å²) in [5, 5.41) is 11.3. The minimum Gasteiger partial charge on any atom is -0.619 e. The molecule has 1 fully saturated rings. The maximum Gasteiger partial charge on any atom is 0.410 e. The van der Waals surface area contributed by atoms with Gasteiger partial charge < -0.3 is 19.6 Å². The van der Waals surface area contributed by atoms with E-state index in [0.717, 1.165) is 5.56 Å². The number of aromatic nitrogens is 1. The highest BCUT2D eigenvalue weighted by Gasteiger charge is 2.39. The first kappa shape index (κ1) is 19.0. The van der Waals surface area contributed by atoms with E-state index in [2.05, 4.69) is 0 Å². The van der Waals surface area contributed by atoms with Gasteiger partial charge in [0, 0.05) is 31.1 Å². The highest BCUT2D eigenvalue weighted by molar-refractivity contribution is 5.76. The molecule has 1 amide bonds. The Kier molecular flexibility index (Phi) is 5.87. The zero-order valence-electron chi connectivity index (χ0n) is 15.2. The number of hydrogen-bond acceptors (Lipinski definition) is 5. The van der Waals surface area contributed by atoms with Crippen molar-refractivity contribution in [1.29, 1.82) is 0 Å². The Morgan fingerprint density at radius 1 is 1.32 bits per heavy atom. The fourth-order valence-corrected chi connectivity index (χ4v) is 3.00.